The highest BCUT2D eigenvalue weighted by Gasteiger charge is 2.20. The van der Waals surface area contributed by atoms with Crippen molar-refractivity contribution < 1.29 is 9.13 Å². The van der Waals surface area contributed by atoms with Crippen molar-refractivity contribution in [3.63, 3.8) is 0 Å². The molecule has 1 aliphatic heterocycles. The fourth-order valence-corrected chi connectivity index (χ4v) is 2.91. The van der Waals surface area contributed by atoms with Crippen molar-refractivity contribution in [2.75, 3.05) is 31.1 Å². The van der Waals surface area contributed by atoms with Crippen LogP contribution in [0.2, 0.25) is 0 Å². The summed E-state index contributed by atoms with van der Waals surface area (Å²) in [5, 5.41) is 11.7. The van der Waals surface area contributed by atoms with Gasteiger partial charge in [-0.2, -0.15) is 5.10 Å². The Morgan fingerprint density at radius 2 is 2.12 bits per heavy atom. The van der Waals surface area contributed by atoms with Crippen LogP contribution in [-0.2, 0) is 0 Å². The zero-order valence-electron chi connectivity index (χ0n) is 13.7. The highest BCUT2D eigenvalue weighted by Crippen LogP contribution is 2.16. The number of nitrogens with zero attached hydrogens (tertiary/aromatic N) is 3. The Morgan fingerprint density at radius 3 is 2.92 bits per heavy atom. The molecule has 2 aromatic rings. The molecule has 6 heteroatoms. The van der Waals surface area contributed by atoms with Gasteiger partial charge in [-0.05, 0) is 62.2 Å². The van der Waals surface area contributed by atoms with Gasteiger partial charge in [0.15, 0.2) is 5.82 Å². The highest BCUT2D eigenvalue weighted by atomic mass is 19.1. The summed E-state index contributed by atoms with van der Waals surface area (Å²) >= 11 is 0. The summed E-state index contributed by atoms with van der Waals surface area (Å²) in [4.78, 5) is 2.28. The quantitative estimate of drug-likeness (QED) is 0.791. The maximum atomic E-state index is 12.8. The van der Waals surface area contributed by atoms with Crippen LogP contribution in [0.3, 0.4) is 0 Å². The Bertz CT molecular complexity index is 608. The summed E-state index contributed by atoms with van der Waals surface area (Å²) in [5.74, 6) is 1.42. The second-order valence-corrected chi connectivity index (χ2v) is 5.98. The fourth-order valence-electron chi connectivity index (χ4n) is 2.91. The second kappa shape index (κ2) is 8.59. The maximum absolute atomic E-state index is 12.8. The summed E-state index contributed by atoms with van der Waals surface area (Å²) < 4.78 is 18.4. The summed E-state index contributed by atoms with van der Waals surface area (Å²) in [6.07, 6.45) is 4.94. The Morgan fingerprint density at radius 1 is 1.25 bits per heavy atom. The molecule has 128 valence electrons. The molecule has 5 nitrogen and oxygen atoms in total. The molecule has 1 saturated heterocycles. The van der Waals surface area contributed by atoms with Crippen LogP contribution in [-0.4, -0.2) is 42.5 Å². The van der Waals surface area contributed by atoms with E-state index in [1.165, 1.54) is 18.6 Å². The second-order valence-electron chi connectivity index (χ2n) is 5.98. The van der Waals surface area contributed by atoms with Gasteiger partial charge < -0.3 is 15.0 Å². The minimum absolute atomic E-state index is 0.242. The van der Waals surface area contributed by atoms with Crippen LogP contribution in [0.25, 0.3) is 0 Å². The molecule has 0 unspecified atom stereocenters. The number of halogens is 1. The molecule has 24 heavy (non-hydrogen) atoms. The van der Waals surface area contributed by atoms with Crippen molar-refractivity contribution in [1.82, 2.24) is 15.5 Å². The lowest BCUT2D eigenvalue weighted by molar-refractivity contribution is 0.301. The molecule has 0 bridgehead atoms. The number of piperidine rings is 1. The minimum Gasteiger partial charge on any atom is -0.494 e. The van der Waals surface area contributed by atoms with E-state index in [4.69, 9.17) is 4.74 Å². The van der Waals surface area contributed by atoms with Crippen LogP contribution in [0.15, 0.2) is 42.6 Å². The van der Waals surface area contributed by atoms with E-state index in [-0.39, 0.29) is 5.82 Å². The number of aromatic nitrogens is 2. The largest absolute Gasteiger partial charge is 0.494 e. The third kappa shape index (κ3) is 4.89. The predicted molar refractivity (Wildman–Crippen MR) is 91.8 cm³/mol. The van der Waals surface area contributed by atoms with Gasteiger partial charge in [-0.15, -0.1) is 5.10 Å². The van der Waals surface area contributed by atoms with Crippen molar-refractivity contribution in [1.29, 1.82) is 0 Å². The third-order valence-corrected chi connectivity index (χ3v) is 4.14. The Hall–Kier alpha value is -2.21. The lowest BCUT2D eigenvalue weighted by atomic mass is 10.1. The minimum atomic E-state index is -0.242. The number of nitrogens with one attached hydrogen (secondary N) is 1. The molecule has 1 aromatic carbocycles. The SMILES string of the molecule is Fc1ccc(OCCCN[C@@H]2CCCN(c3cccnn3)C2)cc1. The van der Waals surface area contributed by atoms with Gasteiger partial charge in [0.2, 0.25) is 0 Å². The lowest BCUT2D eigenvalue weighted by Crippen LogP contribution is -2.46. The van der Waals surface area contributed by atoms with Gasteiger partial charge in [0.05, 0.1) is 6.61 Å². The topological polar surface area (TPSA) is 50.3 Å². The number of rotatable bonds is 7. The molecule has 2 heterocycles. The van der Waals surface area contributed by atoms with Crippen LogP contribution < -0.4 is 15.0 Å². The van der Waals surface area contributed by atoms with Crippen LogP contribution in [0.1, 0.15) is 19.3 Å². The van der Waals surface area contributed by atoms with Crippen molar-refractivity contribution in [2.24, 2.45) is 0 Å². The summed E-state index contributed by atoms with van der Waals surface area (Å²) in [5.41, 5.74) is 0. The van der Waals surface area contributed by atoms with Crippen molar-refractivity contribution in [2.45, 2.75) is 25.3 Å². The van der Waals surface area contributed by atoms with Crippen LogP contribution in [0.4, 0.5) is 10.2 Å². The zero-order valence-corrected chi connectivity index (χ0v) is 13.7. The van der Waals surface area contributed by atoms with Gasteiger partial charge in [-0.1, -0.05) is 0 Å². The average Bonchev–Trinajstić information content (AvgIpc) is 2.64. The first kappa shape index (κ1) is 16.6. The van der Waals surface area contributed by atoms with E-state index in [0.717, 1.165) is 38.3 Å². The monoisotopic (exact) mass is 330 g/mol. The first-order chi connectivity index (χ1) is 11.8. The molecule has 1 aromatic heterocycles. The molecule has 1 atom stereocenters. The predicted octanol–water partition coefficient (Wildman–Crippen LogP) is 2.64. The van der Waals surface area contributed by atoms with Gasteiger partial charge in [-0.25, -0.2) is 4.39 Å². The summed E-state index contributed by atoms with van der Waals surface area (Å²) in [6, 6.07) is 10.5. The highest BCUT2D eigenvalue weighted by molar-refractivity contribution is 5.37. The van der Waals surface area contributed by atoms with E-state index >= 15 is 0 Å². The molecule has 0 spiro atoms. The van der Waals surface area contributed by atoms with Gasteiger partial charge in [0.25, 0.3) is 0 Å². The first-order valence-corrected chi connectivity index (χ1v) is 8.46. The standard InChI is InChI=1S/C18H23FN4O/c19-15-6-8-17(9-7-15)24-13-3-10-20-16-4-2-12-23(14-16)18-5-1-11-21-22-18/h1,5-9,11,16,20H,2-4,10,12-14H2/t16-/m1/s1. The third-order valence-electron chi connectivity index (χ3n) is 4.14. The molecule has 1 N–H and O–H groups in total. The zero-order chi connectivity index (χ0) is 16.6. The first-order valence-electron chi connectivity index (χ1n) is 8.46. The van der Waals surface area contributed by atoms with E-state index in [1.807, 2.05) is 12.1 Å². The van der Waals surface area contributed by atoms with E-state index in [2.05, 4.69) is 20.4 Å². The molecular formula is C18H23FN4O. The van der Waals surface area contributed by atoms with Crippen LogP contribution >= 0.6 is 0 Å². The Balaban J connectivity index is 1.35. The molecular weight excluding hydrogens is 307 g/mol. The number of benzene rings is 1. The van der Waals surface area contributed by atoms with Gasteiger partial charge in [-0.3, -0.25) is 0 Å². The molecule has 1 fully saturated rings. The lowest BCUT2D eigenvalue weighted by Gasteiger charge is -2.33. The normalized spacial score (nSPS) is 17.7. The smallest absolute Gasteiger partial charge is 0.151 e. The molecule has 0 radical (unpaired) electrons. The maximum Gasteiger partial charge on any atom is 0.151 e. The van der Waals surface area contributed by atoms with E-state index in [9.17, 15) is 4.39 Å². The summed E-state index contributed by atoms with van der Waals surface area (Å²) in [7, 11) is 0. The van der Waals surface area contributed by atoms with Crippen molar-refractivity contribution in [3.8, 4) is 5.75 Å². The number of hydrogen-bond donors (Lipinski definition) is 1. The van der Waals surface area contributed by atoms with Crippen LogP contribution in [0, 0.1) is 5.82 Å². The Kier molecular flexibility index (Phi) is 5.96. The van der Waals surface area contributed by atoms with Gasteiger partial charge in [0, 0.05) is 25.3 Å². The van der Waals surface area contributed by atoms with E-state index in [1.54, 1.807) is 18.3 Å². The van der Waals surface area contributed by atoms with Crippen molar-refractivity contribution in [3.05, 3.63) is 48.4 Å². The molecule has 3 rings (SSSR count). The number of hydrogen-bond acceptors (Lipinski definition) is 5. The van der Waals surface area contributed by atoms with Crippen molar-refractivity contribution >= 4 is 5.82 Å². The van der Waals surface area contributed by atoms with E-state index in [0.29, 0.717) is 18.4 Å². The number of ether oxygens (including phenoxy) is 1. The molecule has 1 aliphatic rings. The van der Waals surface area contributed by atoms with Gasteiger partial charge in [0.1, 0.15) is 11.6 Å². The average molecular weight is 330 g/mol. The van der Waals surface area contributed by atoms with Gasteiger partial charge >= 0.3 is 0 Å². The Labute approximate surface area is 141 Å². The molecule has 0 aliphatic carbocycles. The number of anilines is 1. The van der Waals surface area contributed by atoms with Crippen LogP contribution in [0.5, 0.6) is 5.75 Å². The molecule has 0 amide bonds. The molecule has 0 saturated carbocycles. The fraction of sp³-hybridized carbons (Fsp3) is 0.444. The van der Waals surface area contributed by atoms with E-state index < -0.39 is 0 Å². The summed E-state index contributed by atoms with van der Waals surface area (Å²) in [6.45, 7) is 3.52.